The van der Waals surface area contributed by atoms with Gasteiger partial charge in [-0.05, 0) is 24.1 Å². The van der Waals surface area contributed by atoms with Crippen LogP contribution in [-0.2, 0) is 6.42 Å². The molecule has 1 heterocycles. The van der Waals surface area contributed by atoms with Crippen molar-refractivity contribution in [3.8, 4) is 0 Å². The van der Waals surface area contributed by atoms with E-state index in [9.17, 15) is 14.4 Å². The first-order valence-corrected chi connectivity index (χ1v) is 8.76. The van der Waals surface area contributed by atoms with Crippen LogP contribution in [0.25, 0.3) is 10.9 Å². The van der Waals surface area contributed by atoms with Crippen molar-refractivity contribution in [3.05, 3.63) is 65.2 Å². The van der Waals surface area contributed by atoms with E-state index < -0.39 is 6.03 Å². The lowest BCUT2D eigenvalue weighted by atomic mass is 10.1. The smallest absolute Gasteiger partial charge is 0.317 e. The number of primary amides is 1. The van der Waals surface area contributed by atoms with Gasteiger partial charge in [-0.3, -0.25) is 14.9 Å². The molecule has 3 aromatic rings. The van der Waals surface area contributed by atoms with E-state index in [1.165, 1.54) is 7.05 Å². The molecule has 0 aliphatic carbocycles. The maximum absolute atomic E-state index is 12.4. The molecule has 0 fully saturated rings. The highest BCUT2D eigenvalue weighted by molar-refractivity contribution is 6.14. The van der Waals surface area contributed by atoms with E-state index in [1.807, 2.05) is 30.3 Å². The number of rotatable bonds is 6. The molecule has 0 saturated heterocycles. The molecule has 3 rings (SSSR count). The zero-order valence-electron chi connectivity index (χ0n) is 15.3. The Morgan fingerprint density at radius 2 is 1.79 bits per heavy atom. The van der Waals surface area contributed by atoms with Crippen molar-refractivity contribution in [2.75, 3.05) is 18.9 Å². The van der Waals surface area contributed by atoms with Crippen molar-refractivity contribution in [2.24, 2.45) is 5.73 Å². The minimum atomic E-state index is -0.796. The quantitative estimate of drug-likeness (QED) is 0.449. The average molecular weight is 379 g/mol. The van der Waals surface area contributed by atoms with E-state index in [4.69, 9.17) is 5.73 Å². The van der Waals surface area contributed by atoms with Gasteiger partial charge in [0, 0.05) is 30.1 Å². The lowest BCUT2D eigenvalue weighted by Gasteiger charge is -2.06. The predicted molar refractivity (Wildman–Crippen MR) is 107 cm³/mol. The van der Waals surface area contributed by atoms with E-state index in [-0.39, 0.29) is 23.2 Å². The molecule has 0 aliphatic heterocycles. The Bertz CT molecular complexity index is 1030. The third kappa shape index (κ3) is 4.12. The van der Waals surface area contributed by atoms with Crippen LogP contribution in [0.1, 0.15) is 26.3 Å². The van der Waals surface area contributed by atoms with Gasteiger partial charge in [-0.25, -0.2) is 4.79 Å². The van der Waals surface area contributed by atoms with Crippen LogP contribution in [0.2, 0.25) is 0 Å². The van der Waals surface area contributed by atoms with Crippen LogP contribution < -0.4 is 21.7 Å². The molecule has 0 aliphatic rings. The van der Waals surface area contributed by atoms with Gasteiger partial charge in [-0.15, -0.1) is 0 Å². The minimum absolute atomic E-state index is 0.184. The monoisotopic (exact) mass is 379 g/mol. The number of nitrogens with two attached hydrogens (primary N) is 1. The Morgan fingerprint density at radius 1 is 1.04 bits per heavy atom. The summed E-state index contributed by atoms with van der Waals surface area (Å²) in [5.41, 5.74) is 7.55. The number of aromatic amines is 1. The first kappa shape index (κ1) is 19.0. The summed E-state index contributed by atoms with van der Waals surface area (Å²) in [7, 11) is 1.49. The second-order valence-corrected chi connectivity index (χ2v) is 6.20. The summed E-state index contributed by atoms with van der Waals surface area (Å²) >= 11 is 0. The molecule has 4 amide bonds. The Labute approximate surface area is 161 Å². The van der Waals surface area contributed by atoms with E-state index in [0.29, 0.717) is 23.0 Å². The van der Waals surface area contributed by atoms with E-state index in [2.05, 4.69) is 20.9 Å². The fourth-order valence-corrected chi connectivity index (χ4v) is 2.98. The Balaban J connectivity index is 1.80. The highest BCUT2D eigenvalue weighted by atomic mass is 16.2. The second kappa shape index (κ2) is 8.26. The number of hydrogen-bond acceptors (Lipinski definition) is 3. The topological polar surface area (TPSA) is 129 Å². The molecular formula is C20H21N5O3. The highest BCUT2D eigenvalue weighted by Gasteiger charge is 2.19. The summed E-state index contributed by atoms with van der Waals surface area (Å²) in [5, 5.41) is 8.38. The third-order valence-electron chi connectivity index (χ3n) is 4.31. The Hall–Kier alpha value is -3.81. The Kier molecular flexibility index (Phi) is 5.59. The van der Waals surface area contributed by atoms with Gasteiger partial charge < -0.3 is 21.4 Å². The molecule has 0 bridgehead atoms. The number of hydrogen-bond donors (Lipinski definition) is 5. The molecule has 0 saturated carbocycles. The van der Waals surface area contributed by atoms with Gasteiger partial charge in [-0.1, -0.05) is 36.4 Å². The van der Waals surface area contributed by atoms with E-state index >= 15 is 0 Å². The molecule has 8 nitrogen and oxygen atoms in total. The number of fused-ring (bicyclic) bond motifs is 1. The Morgan fingerprint density at radius 3 is 2.46 bits per heavy atom. The molecule has 0 radical (unpaired) electrons. The highest BCUT2D eigenvalue weighted by Crippen LogP contribution is 2.27. The molecule has 0 atom stereocenters. The first-order chi connectivity index (χ1) is 13.5. The second-order valence-electron chi connectivity index (χ2n) is 6.20. The van der Waals surface area contributed by atoms with Crippen molar-refractivity contribution in [2.45, 2.75) is 6.42 Å². The largest absolute Gasteiger partial charge is 0.355 e. The van der Waals surface area contributed by atoms with Gasteiger partial charge in [0.2, 0.25) is 0 Å². The summed E-state index contributed by atoms with van der Waals surface area (Å²) in [6, 6.07) is 14.0. The number of H-pyrrole nitrogens is 1. The van der Waals surface area contributed by atoms with E-state index in [0.717, 1.165) is 12.0 Å². The van der Waals surface area contributed by atoms with Gasteiger partial charge in [0.15, 0.2) is 0 Å². The van der Waals surface area contributed by atoms with Crippen LogP contribution in [0.3, 0.4) is 0 Å². The first-order valence-electron chi connectivity index (χ1n) is 8.76. The maximum atomic E-state index is 12.4. The summed E-state index contributed by atoms with van der Waals surface area (Å²) in [6.07, 6.45) is 0.727. The van der Waals surface area contributed by atoms with Crippen molar-refractivity contribution in [1.29, 1.82) is 0 Å². The molecule has 28 heavy (non-hydrogen) atoms. The summed E-state index contributed by atoms with van der Waals surface area (Å²) in [5.74, 6) is -0.420. The lowest BCUT2D eigenvalue weighted by Crippen LogP contribution is -2.25. The fourth-order valence-electron chi connectivity index (χ4n) is 2.98. The van der Waals surface area contributed by atoms with Gasteiger partial charge in [0.25, 0.3) is 11.8 Å². The molecule has 144 valence electrons. The SMILES string of the molecule is CNC(=O)c1c(NC(N)=O)[nH]c2cc(C(=O)NCCc3ccccc3)ccc12. The molecule has 8 heteroatoms. The zero-order chi connectivity index (χ0) is 20.1. The van der Waals surface area contributed by atoms with Crippen LogP contribution >= 0.6 is 0 Å². The zero-order valence-corrected chi connectivity index (χ0v) is 15.3. The summed E-state index contributed by atoms with van der Waals surface area (Å²) in [4.78, 5) is 38.8. The van der Waals surface area contributed by atoms with Gasteiger partial charge in [0.1, 0.15) is 5.82 Å². The molecule has 0 unspecified atom stereocenters. The van der Waals surface area contributed by atoms with Gasteiger partial charge >= 0.3 is 6.03 Å². The number of aromatic nitrogens is 1. The minimum Gasteiger partial charge on any atom is -0.355 e. The van der Waals surface area contributed by atoms with Crippen LogP contribution in [0.4, 0.5) is 10.6 Å². The fraction of sp³-hybridized carbons (Fsp3) is 0.150. The van der Waals surface area contributed by atoms with Crippen LogP contribution in [0, 0.1) is 0 Å². The number of benzene rings is 2. The number of amides is 4. The normalized spacial score (nSPS) is 10.5. The van der Waals surface area contributed by atoms with Crippen molar-refractivity contribution < 1.29 is 14.4 Å². The molecular weight excluding hydrogens is 358 g/mol. The molecule has 6 N–H and O–H groups in total. The van der Waals surface area contributed by atoms with Gasteiger partial charge in [-0.2, -0.15) is 0 Å². The number of nitrogens with one attached hydrogen (secondary N) is 4. The molecule has 2 aromatic carbocycles. The standard InChI is InChI=1S/C20H21N5O3/c1-22-19(27)16-14-8-7-13(11-15(14)24-17(16)25-20(21)28)18(26)23-10-9-12-5-3-2-4-6-12/h2-8,11,24H,9-10H2,1H3,(H,22,27)(H,23,26)(H3,21,25,28). The average Bonchev–Trinajstić information content (AvgIpc) is 3.04. The van der Waals surface area contributed by atoms with Crippen LogP contribution in [-0.4, -0.2) is 36.4 Å². The van der Waals surface area contributed by atoms with Crippen molar-refractivity contribution >= 4 is 34.6 Å². The number of carbonyl (C=O) groups excluding carboxylic acids is 3. The lowest BCUT2D eigenvalue weighted by molar-refractivity contribution is 0.0950. The number of carbonyl (C=O) groups is 3. The van der Waals surface area contributed by atoms with Crippen molar-refractivity contribution in [3.63, 3.8) is 0 Å². The third-order valence-corrected chi connectivity index (χ3v) is 4.31. The summed E-state index contributed by atoms with van der Waals surface area (Å²) < 4.78 is 0. The molecule has 0 spiro atoms. The van der Waals surface area contributed by atoms with Crippen molar-refractivity contribution in [1.82, 2.24) is 15.6 Å². The van der Waals surface area contributed by atoms with Crippen LogP contribution in [0.15, 0.2) is 48.5 Å². The molecule has 1 aromatic heterocycles. The predicted octanol–water partition coefficient (Wildman–Crippen LogP) is 1.99. The maximum Gasteiger partial charge on any atom is 0.317 e. The van der Waals surface area contributed by atoms with Gasteiger partial charge in [0.05, 0.1) is 5.56 Å². The summed E-state index contributed by atoms with van der Waals surface area (Å²) in [6.45, 7) is 0.504. The van der Waals surface area contributed by atoms with E-state index in [1.54, 1.807) is 18.2 Å². The van der Waals surface area contributed by atoms with Crippen LogP contribution in [0.5, 0.6) is 0 Å². The number of anilines is 1. The number of urea groups is 1.